The number of para-hydroxylation sites is 1. The number of anilines is 1. The van der Waals surface area contributed by atoms with Gasteiger partial charge in [-0.3, -0.25) is 0 Å². The molecule has 0 atom stereocenters. The standard InChI is InChI=1S/C21H25N7O/c29-20(24-21-8-14-5-15(9-21)7-16(6-14)10-21)23-17-11-22-27(12-17)13-28-19-4-2-1-3-18(19)25-26-28/h1-4,11-12,14-16H,5-10,13H2,(H2,23,24,29). The summed E-state index contributed by atoms with van der Waals surface area (Å²) in [7, 11) is 0. The average molecular weight is 391 g/mol. The maximum absolute atomic E-state index is 12.7. The van der Waals surface area contributed by atoms with Crippen LogP contribution >= 0.6 is 0 Å². The molecule has 4 saturated carbocycles. The number of carbonyl (C=O) groups excluding carboxylic acids is 1. The van der Waals surface area contributed by atoms with Crippen molar-refractivity contribution in [2.75, 3.05) is 5.32 Å². The van der Waals surface area contributed by atoms with Crippen LogP contribution in [0.4, 0.5) is 10.5 Å². The van der Waals surface area contributed by atoms with Crippen LogP contribution in [0.15, 0.2) is 36.7 Å². The lowest BCUT2D eigenvalue weighted by molar-refractivity contribution is -0.0127. The number of amides is 2. The van der Waals surface area contributed by atoms with Crippen molar-refractivity contribution < 1.29 is 4.79 Å². The fourth-order valence-corrected chi connectivity index (χ4v) is 6.33. The van der Waals surface area contributed by atoms with Crippen molar-refractivity contribution in [3.8, 4) is 0 Å². The first-order valence-corrected chi connectivity index (χ1v) is 10.5. The summed E-state index contributed by atoms with van der Waals surface area (Å²) in [6.07, 6.45) is 11.0. The van der Waals surface area contributed by atoms with Crippen LogP contribution in [-0.4, -0.2) is 36.3 Å². The molecule has 2 aromatic heterocycles. The van der Waals surface area contributed by atoms with Crippen LogP contribution in [0, 0.1) is 17.8 Å². The lowest BCUT2D eigenvalue weighted by Crippen LogP contribution is -2.60. The summed E-state index contributed by atoms with van der Waals surface area (Å²) in [5, 5.41) is 19.0. The van der Waals surface area contributed by atoms with Crippen LogP contribution in [0.25, 0.3) is 11.0 Å². The zero-order valence-electron chi connectivity index (χ0n) is 16.3. The van der Waals surface area contributed by atoms with Crippen molar-refractivity contribution in [3.63, 3.8) is 0 Å². The highest BCUT2D eigenvalue weighted by Gasteiger charge is 2.51. The molecule has 4 aliphatic rings. The SMILES string of the molecule is O=C(Nc1cnn(Cn2nnc3ccccc32)c1)NC12CC3CC(CC(C3)C1)C2. The molecule has 7 rings (SSSR count). The van der Waals surface area contributed by atoms with E-state index >= 15 is 0 Å². The monoisotopic (exact) mass is 391 g/mol. The van der Waals surface area contributed by atoms with Gasteiger partial charge >= 0.3 is 6.03 Å². The molecule has 8 nitrogen and oxygen atoms in total. The van der Waals surface area contributed by atoms with E-state index in [9.17, 15) is 4.79 Å². The summed E-state index contributed by atoms with van der Waals surface area (Å²) >= 11 is 0. The van der Waals surface area contributed by atoms with Gasteiger partial charge in [-0.1, -0.05) is 17.3 Å². The van der Waals surface area contributed by atoms with Gasteiger partial charge in [0.25, 0.3) is 0 Å². The molecular weight excluding hydrogens is 366 g/mol. The van der Waals surface area contributed by atoms with Crippen molar-refractivity contribution in [1.29, 1.82) is 0 Å². The second kappa shape index (κ2) is 6.30. The van der Waals surface area contributed by atoms with Gasteiger partial charge in [0.1, 0.15) is 12.2 Å². The van der Waals surface area contributed by atoms with Crippen molar-refractivity contribution >= 4 is 22.8 Å². The van der Waals surface area contributed by atoms with Gasteiger partial charge in [0.05, 0.1) is 23.6 Å². The van der Waals surface area contributed by atoms with E-state index in [1.807, 2.05) is 30.5 Å². The number of urea groups is 1. The Morgan fingerprint density at radius 1 is 1.10 bits per heavy atom. The lowest BCUT2D eigenvalue weighted by atomic mass is 9.53. The van der Waals surface area contributed by atoms with Crippen molar-refractivity contribution in [2.24, 2.45) is 17.8 Å². The normalized spacial score (nSPS) is 30.0. The zero-order chi connectivity index (χ0) is 19.4. The summed E-state index contributed by atoms with van der Waals surface area (Å²) in [5.74, 6) is 2.42. The molecule has 4 aliphatic carbocycles. The van der Waals surface area contributed by atoms with E-state index in [1.54, 1.807) is 15.6 Å². The third kappa shape index (κ3) is 3.07. The molecule has 2 amide bonds. The van der Waals surface area contributed by atoms with E-state index in [4.69, 9.17) is 0 Å². The molecule has 29 heavy (non-hydrogen) atoms. The van der Waals surface area contributed by atoms with Gasteiger partial charge in [-0.05, 0) is 68.4 Å². The molecule has 4 bridgehead atoms. The molecule has 2 N–H and O–H groups in total. The number of fused-ring (bicyclic) bond motifs is 1. The number of hydrogen-bond acceptors (Lipinski definition) is 4. The Morgan fingerprint density at radius 2 is 1.83 bits per heavy atom. The number of carbonyl (C=O) groups is 1. The van der Waals surface area contributed by atoms with E-state index in [1.165, 1.54) is 19.3 Å². The molecule has 3 aromatic rings. The van der Waals surface area contributed by atoms with Gasteiger partial charge in [-0.2, -0.15) is 5.10 Å². The number of hydrogen-bond donors (Lipinski definition) is 2. The van der Waals surface area contributed by atoms with E-state index in [0.29, 0.717) is 12.4 Å². The lowest BCUT2D eigenvalue weighted by Gasteiger charge is -2.56. The maximum atomic E-state index is 12.7. The van der Waals surface area contributed by atoms with E-state index in [2.05, 4.69) is 26.0 Å². The molecule has 0 aliphatic heterocycles. The van der Waals surface area contributed by atoms with Crippen LogP contribution in [0.2, 0.25) is 0 Å². The first-order valence-electron chi connectivity index (χ1n) is 10.5. The second-order valence-corrected chi connectivity index (χ2v) is 9.26. The van der Waals surface area contributed by atoms with Crippen LogP contribution in [0.5, 0.6) is 0 Å². The van der Waals surface area contributed by atoms with Gasteiger partial charge in [-0.15, -0.1) is 5.10 Å². The first-order chi connectivity index (χ1) is 14.1. The Labute approximate surface area is 168 Å². The fourth-order valence-electron chi connectivity index (χ4n) is 6.33. The fraction of sp³-hybridized carbons (Fsp3) is 0.524. The third-order valence-electron chi connectivity index (χ3n) is 7.01. The highest BCUT2D eigenvalue weighted by atomic mass is 16.2. The van der Waals surface area contributed by atoms with Gasteiger partial charge in [0.15, 0.2) is 0 Å². The van der Waals surface area contributed by atoms with Gasteiger partial charge in [0.2, 0.25) is 0 Å². The summed E-state index contributed by atoms with van der Waals surface area (Å²) in [6.45, 7) is 0.443. The number of nitrogens with one attached hydrogen (secondary N) is 2. The molecule has 0 spiro atoms. The van der Waals surface area contributed by atoms with Gasteiger partial charge in [-0.25, -0.2) is 14.2 Å². The molecule has 8 heteroatoms. The van der Waals surface area contributed by atoms with Gasteiger partial charge < -0.3 is 10.6 Å². The molecular formula is C21H25N7O. The summed E-state index contributed by atoms with van der Waals surface area (Å²) in [6, 6.07) is 7.71. The Balaban J connectivity index is 1.12. The van der Waals surface area contributed by atoms with Crippen LogP contribution in [0.1, 0.15) is 38.5 Å². The molecule has 1 aromatic carbocycles. The smallest absolute Gasteiger partial charge is 0.319 e. The second-order valence-electron chi connectivity index (χ2n) is 9.26. The van der Waals surface area contributed by atoms with Gasteiger partial charge in [0, 0.05) is 5.54 Å². The molecule has 0 unspecified atom stereocenters. The highest BCUT2D eigenvalue weighted by molar-refractivity contribution is 5.89. The number of benzene rings is 1. The highest BCUT2D eigenvalue weighted by Crippen LogP contribution is 2.55. The summed E-state index contributed by atoms with van der Waals surface area (Å²) in [4.78, 5) is 12.7. The minimum atomic E-state index is -0.113. The average Bonchev–Trinajstić information content (AvgIpc) is 3.27. The molecule has 4 fully saturated rings. The molecule has 0 saturated heterocycles. The van der Waals surface area contributed by atoms with Crippen molar-refractivity contribution in [1.82, 2.24) is 30.1 Å². The molecule has 150 valence electrons. The quantitative estimate of drug-likeness (QED) is 0.715. The Hall–Kier alpha value is -2.90. The minimum absolute atomic E-state index is 0.00841. The van der Waals surface area contributed by atoms with Crippen molar-refractivity contribution in [2.45, 2.75) is 50.7 Å². The Morgan fingerprint density at radius 3 is 2.59 bits per heavy atom. The number of nitrogens with zero attached hydrogens (tertiary/aromatic N) is 5. The third-order valence-corrected chi connectivity index (χ3v) is 7.01. The minimum Gasteiger partial charge on any atom is -0.332 e. The first kappa shape index (κ1) is 17.0. The van der Waals surface area contributed by atoms with E-state index < -0.39 is 0 Å². The predicted molar refractivity (Wildman–Crippen MR) is 108 cm³/mol. The number of aromatic nitrogens is 5. The van der Waals surface area contributed by atoms with E-state index in [0.717, 1.165) is 48.0 Å². The van der Waals surface area contributed by atoms with Crippen molar-refractivity contribution in [3.05, 3.63) is 36.7 Å². The van der Waals surface area contributed by atoms with Crippen LogP contribution in [-0.2, 0) is 6.67 Å². The van der Waals surface area contributed by atoms with Crippen LogP contribution in [0.3, 0.4) is 0 Å². The van der Waals surface area contributed by atoms with Crippen LogP contribution < -0.4 is 10.6 Å². The Bertz CT molecular complexity index is 1030. The predicted octanol–water partition coefficient (Wildman–Crippen LogP) is 3.22. The zero-order valence-corrected chi connectivity index (χ0v) is 16.3. The molecule has 0 radical (unpaired) electrons. The molecule has 2 heterocycles. The summed E-state index contributed by atoms with van der Waals surface area (Å²) in [5.41, 5.74) is 2.51. The number of rotatable bonds is 4. The summed E-state index contributed by atoms with van der Waals surface area (Å²) < 4.78 is 3.54. The largest absolute Gasteiger partial charge is 0.332 e. The Kier molecular flexibility index (Phi) is 3.69. The van der Waals surface area contributed by atoms with E-state index in [-0.39, 0.29) is 11.6 Å². The topological polar surface area (TPSA) is 89.7 Å². The maximum Gasteiger partial charge on any atom is 0.319 e.